The highest BCUT2D eigenvalue weighted by atomic mass is 16.4. The van der Waals surface area contributed by atoms with Crippen LogP contribution in [0.3, 0.4) is 0 Å². The van der Waals surface area contributed by atoms with Crippen molar-refractivity contribution < 1.29 is 19.1 Å². The summed E-state index contributed by atoms with van der Waals surface area (Å²) in [5, 5.41) is 12.4. The molecular weight excluding hydrogens is 326 g/mol. The minimum absolute atomic E-state index is 0.0822. The van der Waals surface area contributed by atoms with Crippen LogP contribution in [0.15, 0.2) is 44.5 Å². The number of rotatable bonds is 3. The van der Waals surface area contributed by atoms with Gasteiger partial charge >= 0.3 is 11.7 Å². The molecule has 1 fully saturated rings. The molecule has 0 spiro atoms. The Balaban J connectivity index is 1.86. The normalized spacial score (nSPS) is 14.1. The van der Waals surface area contributed by atoms with E-state index in [2.05, 4.69) is 10.3 Å². The van der Waals surface area contributed by atoms with E-state index in [0.29, 0.717) is 24.3 Å². The number of carbonyl (C=O) groups excluding carboxylic acids is 2. The van der Waals surface area contributed by atoms with Crippen LogP contribution in [0, 0.1) is 6.92 Å². The maximum atomic E-state index is 12.3. The second-order valence-corrected chi connectivity index (χ2v) is 5.44. The molecule has 1 saturated heterocycles. The van der Waals surface area contributed by atoms with Crippen LogP contribution in [-0.4, -0.2) is 41.2 Å². The second kappa shape index (κ2) is 6.60. The Morgan fingerprint density at radius 2 is 2.16 bits per heavy atom. The van der Waals surface area contributed by atoms with Gasteiger partial charge in [0, 0.05) is 30.9 Å². The summed E-state index contributed by atoms with van der Waals surface area (Å²) < 4.78 is 4.91. The van der Waals surface area contributed by atoms with Crippen LogP contribution in [0.1, 0.15) is 21.7 Å². The van der Waals surface area contributed by atoms with Gasteiger partial charge in [0.25, 0.3) is 5.91 Å². The molecule has 2 N–H and O–H groups in total. The Hall–Kier alpha value is -3.42. The SMILES string of the molecule is Cc1cc(O)c(C=Nc2cccc(C(=O)N3CCNC3=O)c2)c(=O)o1. The highest BCUT2D eigenvalue weighted by molar-refractivity contribution is 6.05. The van der Waals surface area contributed by atoms with E-state index in [1.807, 2.05) is 0 Å². The van der Waals surface area contributed by atoms with Gasteiger partial charge in [0.1, 0.15) is 17.1 Å². The van der Waals surface area contributed by atoms with Crippen molar-refractivity contribution in [2.45, 2.75) is 6.92 Å². The zero-order valence-electron chi connectivity index (χ0n) is 13.4. The predicted octanol–water partition coefficient (Wildman–Crippen LogP) is 1.57. The first kappa shape index (κ1) is 16.4. The van der Waals surface area contributed by atoms with Gasteiger partial charge in [0.2, 0.25) is 0 Å². The van der Waals surface area contributed by atoms with Crippen LogP contribution in [0.5, 0.6) is 5.75 Å². The Morgan fingerprint density at radius 3 is 2.84 bits per heavy atom. The molecule has 8 heteroatoms. The van der Waals surface area contributed by atoms with Gasteiger partial charge in [-0.3, -0.25) is 14.7 Å². The van der Waals surface area contributed by atoms with E-state index in [1.165, 1.54) is 18.3 Å². The number of urea groups is 1. The fraction of sp³-hybridized carbons (Fsp3) is 0.176. The van der Waals surface area contributed by atoms with Gasteiger partial charge in [-0.1, -0.05) is 6.07 Å². The molecule has 8 nitrogen and oxygen atoms in total. The van der Waals surface area contributed by atoms with Crippen molar-refractivity contribution in [2.24, 2.45) is 4.99 Å². The van der Waals surface area contributed by atoms with Crippen LogP contribution >= 0.6 is 0 Å². The zero-order valence-corrected chi connectivity index (χ0v) is 13.4. The van der Waals surface area contributed by atoms with Gasteiger partial charge in [0.05, 0.1) is 5.69 Å². The third-order valence-corrected chi connectivity index (χ3v) is 3.63. The van der Waals surface area contributed by atoms with Gasteiger partial charge in [-0.15, -0.1) is 0 Å². The van der Waals surface area contributed by atoms with E-state index in [-0.39, 0.29) is 17.1 Å². The number of hydrogen-bond acceptors (Lipinski definition) is 6. The smallest absolute Gasteiger partial charge is 0.348 e. The molecule has 2 heterocycles. The standard InChI is InChI=1S/C17H15N3O5/c1-10-7-14(21)13(16(23)25-10)9-19-12-4-2-3-11(8-12)15(22)20-6-5-18-17(20)24/h2-4,7-9,21H,5-6H2,1H3,(H,18,24). The van der Waals surface area contributed by atoms with Crippen LogP contribution < -0.4 is 10.9 Å². The largest absolute Gasteiger partial charge is 0.507 e. The molecule has 0 radical (unpaired) electrons. The number of imide groups is 1. The average Bonchev–Trinajstić information content (AvgIpc) is 2.99. The van der Waals surface area contributed by atoms with E-state index in [4.69, 9.17) is 4.42 Å². The van der Waals surface area contributed by atoms with Crippen molar-refractivity contribution in [3.63, 3.8) is 0 Å². The van der Waals surface area contributed by atoms with E-state index in [0.717, 1.165) is 4.90 Å². The summed E-state index contributed by atoms with van der Waals surface area (Å²) in [5.74, 6) is -0.376. The number of aryl methyl sites for hydroxylation is 1. The number of nitrogens with zero attached hydrogens (tertiary/aromatic N) is 2. The van der Waals surface area contributed by atoms with Gasteiger partial charge < -0.3 is 14.8 Å². The first-order chi connectivity index (χ1) is 12.0. The first-order valence-electron chi connectivity index (χ1n) is 7.53. The van der Waals surface area contributed by atoms with Crippen LogP contribution in [0.4, 0.5) is 10.5 Å². The summed E-state index contributed by atoms with van der Waals surface area (Å²) in [6.07, 6.45) is 1.17. The van der Waals surface area contributed by atoms with Crippen LogP contribution in [0.2, 0.25) is 0 Å². The van der Waals surface area contributed by atoms with Crippen molar-refractivity contribution >= 4 is 23.8 Å². The van der Waals surface area contributed by atoms with Crippen molar-refractivity contribution in [3.8, 4) is 5.75 Å². The number of benzene rings is 1. The van der Waals surface area contributed by atoms with Gasteiger partial charge in [0.15, 0.2) is 0 Å². The number of amides is 3. The Labute approximate surface area is 142 Å². The molecule has 1 aromatic carbocycles. The summed E-state index contributed by atoms with van der Waals surface area (Å²) >= 11 is 0. The van der Waals surface area contributed by atoms with Gasteiger partial charge in [-0.25, -0.2) is 9.59 Å². The Kier molecular flexibility index (Phi) is 4.34. The van der Waals surface area contributed by atoms with Crippen molar-refractivity contribution in [1.29, 1.82) is 0 Å². The van der Waals surface area contributed by atoms with E-state index in [1.54, 1.807) is 25.1 Å². The molecule has 1 aromatic heterocycles. The lowest BCUT2D eigenvalue weighted by Gasteiger charge is -2.12. The summed E-state index contributed by atoms with van der Waals surface area (Å²) in [4.78, 5) is 40.9. The number of aromatic hydroxyl groups is 1. The maximum Gasteiger partial charge on any atom is 0.348 e. The molecule has 3 rings (SSSR count). The maximum absolute atomic E-state index is 12.3. The van der Waals surface area contributed by atoms with Gasteiger partial charge in [-0.2, -0.15) is 0 Å². The minimum Gasteiger partial charge on any atom is -0.507 e. The van der Waals surface area contributed by atoms with Crippen molar-refractivity contribution in [3.05, 3.63) is 57.6 Å². The Bertz CT molecular complexity index is 932. The lowest BCUT2D eigenvalue weighted by molar-refractivity contribution is 0.0829. The van der Waals surface area contributed by atoms with E-state index < -0.39 is 17.6 Å². The monoisotopic (exact) mass is 341 g/mol. The van der Waals surface area contributed by atoms with Crippen molar-refractivity contribution in [1.82, 2.24) is 10.2 Å². The molecule has 0 unspecified atom stereocenters. The van der Waals surface area contributed by atoms with Crippen molar-refractivity contribution in [2.75, 3.05) is 13.1 Å². The average molecular weight is 341 g/mol. The summed E-state index contributed by atoms with van der Waals surface area (Å²) in [6, 6.07) is 7.20. The number of aliphatic imine (C=N–C) groups is 1. The molecule has 1 aliphatic heterocycles. The first-order valence-corrected chi connectivity index (χ1v) is 7.53. The topological polar surface area (TPSA) is 112 Å². The molecular formula is C17H15N3O5. The second-order valence-electron chi connectivity index (χ2n) is 5.44. The lowest BCUT2D eigenvalue weighted by atomic mass is 10.2. The molecule has 1 aliphatic rings. The highest BCUT2D eigenvalue weighted by Crippen LogP contribution is 2.18. The van der Waals surface area contributed by atoms with Crippen LogP contribution in [-0.2, 0) is 0 Å². The number of carbonyl (C=O) groups is 2. The van der Waals surface area contributed by atoms with Gasteiger partial charge in [-0.05, 0) is 25.1 Å². The summed E-state index contributed by atoms with van der Waals surface area (Å²) in [6.45, 7) is 2.28. The fourth-order valence-electron chi connectivity index (χ4n) is 2.40. The number of hydrogen-bond donors (Lipinski definition) is 2. The van der Waals surface area contributed by atoms with E-state index >= 15 is 0 Å². The highest BCUT2D eigenvalue weighted by Gasteiger charge is 2.27. The molecule has 2 aromatic rings. The number of nitrogens with one attached hydrogen (secondary N) is 1. The Morgan fingerprint density at radius 1 is 1.36 bits per heavy atom. The minimum atomic E-state index is -0.706. The third-order valence-electron chi connectivity index (χ3n) is 3.63. The summed E-state index contributed by atoms with van der Waals surface area (Å²) in [5.41, 5.74) is -0.0971. The molecule has 0 atom stereocenters. The fourth-order valence-corrected chi connectivity index (χ4v) is 2.40. The predicted molar refractivity (Wildman–Crippen MR) is 89.5 cm³/mol. The zero-order chi connectivity index (χ0) is 18.0. The van der Waals surface area contributed by atoms with E-state index in [9.17, 15) is 19.5 Å². The lowest BCUT2D eigenvalue weighted by Crippen LogP contribution is -2.34. The quantitative estimate of drug-likeness (QED) is 0.823. The third kappa shape index (κ3) is 3.42. The molecule has 0 bridgehead atoms. The molecule has 128 valence electrons. The molecule has 3 amide bonds. The molecule has 0 aliphatic carbocycles. The summed E-state index contributed by atoms with van der Waals surface area (Å²) in [7, 11) is 0. The molecule has 25 heavy (non-hydrogen) atoms. The molecule has 0 saturated carbocycles. The van der Waals surface area contributed by atoms with Crippen LogP contribution in [0.25, 0.3) is 0 Å².